The van der Waals surface area contributed by atoms with Gasteiger partial charge in [0.1, 0.15) is 5.82 Å². The number of hydrogen-bond donors (Lipinski definition) is 1. The van der Waals surface area contributed by atoms with Gasteiger partial charge in [0.25, 0.3) is 5.91 Å². The van der Waals surface area contributed by atoms with E-state index >= 15 is 0 Å². The Labute approximate surface area is 183 Å². The van der Waals surface area contributed by atoms with Crippen LogP contribution in [0.25, 0.3) is 16.2 Å². The van der Waals surface area contributed by atoms with E-state index in [0.717, 1.165) is 12.1 Å². The van der Waals surface area contributed by atoms with E-state index in [1.807, 2.05) is 0 Å². The molecular weight excluding hydrogens is 512 g/mol. The van der Waals surface area contributed by atoms with Gasteiger partial charge in [-0.15, -0.1) is 11.3 Å². The first-order chi connectivity index (χ1) is 14.1. The summed E-state index contributed by atoms with van der Waals surface area (Å²) in [5.74, 6) is -1.50. The van der Waals surface area contributed by atoms with Crippen LogP contribution in [0, 0.1) is 5.82 Å². The van der Waals surface area contributed by atoms with Crippen molar-refractivity contribution in [2.45, 2.75) is 6.18 Å². The predicted octanol–water partition coefficient (Wildman–Crippen LogP) is 6.28. The van der Waals surface area contributed by atoms with Crippen LogP contribution < -0.4 is 5.32 Å². The highest BCUT2D eigenvalue weighted by atomic mass is 79.9. The van der Waals surface area contributed by atoms with Gasteiger partial charge in [0.2, 0.25) is 0 Å². The molecule has 1 amide bonds. The van der Waals surface area contributed by atoms with Crippen LogP contribution in [0.3, 0.4) is 0 Å². The fourth-order valence-corrected chi connectivity index (χ4v) is 4.04. The minimum atomic E-state index is -4.74. The summed E-state index contributed by atoms with van der Waals surface area (Å²) in [6, 6.07) is 7.69. The number of anilines is 1. The van der Waals surface area contributed by atoms with Gasteiger partial charge < -0.3 is 5.32 Å². The molecule has 12 heteroatoms. The fourth-order valence-electron chi connectivity index (χ4n) is 2.65. The van der Waals surface area contributed by atoms with E-state index in [1.165, 1.54) is 23.5 Å². The number of aromatic nitrogens is 3. The Morgan fingerprint density at radius 1 is 1.23 bits per heavy atom. The third-order valence-electron chi connectivity index (χ3n) is 3.99. The third kappa shape index (κ3) is 3.80. The Morgan fingerprint density at radius 3 is 2.63 bits per heavy atom. The molecule has 4 rings (SSSR count). The second-order valence-electron chi connectivity index (χ2n) is 5.98. The quantitative estimate of drug-likeness (QED) is 0.324. The molecule has 1 N–H and O–H groups in total. The molecule has 0 aliphatic carbocycles. The molecule has 5 nitrogen and oxygen atoms in total. The van der Waals surface area contributed by atoms with E-state index in [9.17, 15) is 22.4 Å². The largest absolute Gasteiger partial charge is 0.433 e. The van der Waals surface area contributed by atoms with Gasteiger partial charge in [-0.2, -0.15) is 18.3 Å². The Morgan fingerprint density at radius 2 is 2.00 bits per heavy atom. The third-order valence-corrected chi connectivity index (χ3v) is 5.90. The number of nitrogens with zero attached hydrogens (tertiary/aromatic N) is 3. The summed E-state index contributed by atoms with van der Waals surface area (Å²) in [6.45, 7) is 0. The molecule has 154 valence electrons. The highest BCUT2D eigenvalue weighted by Gasteiger charge is 2.36. The molecule has 0 unspecified atom stereocenters. The number of carbonyl (C=O) groups excluding carboxylic acids is 1. The lowest BCUT2D eigenvalue weighted by Gasteiger charge is -2.10. The summed E-state index contributed by atoms with van der Waals surface area (Å²) in [7, 11) is 0. The smallest absolute Gasteiger partial charge is 0.321 e. The van der Waals surface area contributed by atoms with E-state index in [2.05, 4.69) is 31.3 Å². The monoisotopic (exact) mass is 518 g/mol. The van der Waals surface area contributed by atoms with Gasteiger partial charge in [-0.1, -0.05) is 17.7 Å². The highest BCUT2D eigenvalue weighted by Crippen LogP contribution is 2.35. The second-order valence-corrected chi connectivity index (χ2v) is 8.13. The molecule has 3 aromatic heterocycles. The summed E-state index contributed by atoms with van der Waals surface area (Å²) in [6.07, 6.45) is -4.74. The SMILES string of the molecule is O=C(Nc1ccc(F)c(Cl)c1)c1nn2c(C(F)(F)F)cc(-c3cccs3)nc2c1Br. The number of nitrogens with one attached hydrogen (secondary N) is 1. The number of alkyl halides is 3. The van der Waals surface area contributed by atoms with Crippen molar-refractivity contribution in [3.05, 3.63) is 68.5 Å². The van der Waals surface area contributed by atoms with Crippen molar-refractivity contribution < 1.29 is 22.4 Å². The van der Waals surface area contributed by atoms with Crippen molar-refractivity contribution in [2.75, 3.05) is 5.32 Å². The van der Waals surface area contributed by atoms with Crippen LogP contribution in [0.1, 0.15) is 16.2 Å². The van der Waals surface area contributed by atoms with E-state index in [0.29, 0.717) is 9.39 Å². The lowest BCUT2D eigenvalue weighted by Crippen LogP contribution is -2.15. The minimum Gasteiger partial charge on any atom is -0.321 e. The number of amides is 1. The maximum absolute atomic E-state index is 13.7. The lowest BCUT2D eigenvalue weighted by molar-refractivity contribution is -0.142. The summed E-state index contributed by atoms with van der Waals surface area (Å²) >= 11 is 10.1. The van der Waals surface area contributed by atoms with Crippen LogP contribution in [0.15, 0.2) is 46.3 Å². The van der Waals surface area contributed by atoms with Crippen LogP contribution >= 0.6 is 38.9 Å². The highest BCUT2D eigenvalue weighted by molar-refractivity contribution is 9.10. The molecule has 0 spiro atoms. The fraction of sp³-hybridized carbons (Fsp3) is 0.0556. The number of thiophene rings is 1. The van der Waals surface area contributed by atoms with Crippen LogP contribution in [0.4, 0.5) is 23.2 Å². The molecule has 0 aliphatic heterocycles. The van der Waals surface area contributed by atoms with E-state index in [4.69, 9.17) is 11.6 Å². The van der Waals surface area contributed by atoms with Gasteiger partial charge in [0.05, 0.1) is 20.1 Å². The van der Waals surface area contributed by atoms with E-state index in [1.54, 1.807) is 17.5 Å². The van der Waals surface area contributed by atoms with Gasteiger partial charge in [-0.3, -0.25) is 4.79 Å². The molecule has 3 heterocycles. The number of hydrogen-bond acceptors (Lipinski definition) is 4. The summed E-state index contributed by atoms with van der Waals surface area (Å²) in [5.41, 5.74) is -1.32. The molecule has 0 aliphatic rings. The maximum Gasteiger partial charge on any atom is 0.433 e. The van der Waals surface area contributed by atoms with Crippen molar-refractivity contribution >= 4 is 56.1 Å². The van der Waals surface area contributed by atoms with E-state index < -0.39 is 23.6 Å². The van der Waals surface area contributed by atoms with Crippen molar-refractivity contribution in [3.63, 3.8) is 0 Å². The van der Waals surface area contributed by atoms with Crippen molar-refractivity contribution in [2.24, 2.45) is 0 Å². The number of carbonyl (C=O) groups is 1. The molecule has 0 radical (unpaired) electrons. The molecule has 0 atom stereocenters. The number of fused-ring (bicyclic) bond motifs is 1. The van der Waals surface area contributed by atoms with Gasteiger partial charge in [0.15, 0.2) is 17.0 Å². The van der Waals surface area contributed by atoms with Crippen LogP contribution in [0.2, 0.25) is 5.02 Å². The van der Waals surface area contributed by atoms with Gasteiger partial charge in [-0.25, -0.2) is 13.9 Å². The number of halogens is 6. The van der Waals surface area contributed by atoms with Crippen molar-refractivity contribution in [1.29, 1.82) is 0 Å². The summed E-state index contributed by atoms with van der Waals surface area (Å²) in [4.78, 5) is 17.4. The molecule has 30 heavy (non-hydrogen) atoms. The van der Waals surface area contributed by atoms with Crippen LogP contribution in [-0.2, 0) is 6.18 Å². The average molecular weight is 520 g/mol. The Bertz CT molecular complexity index is 1270. The number of benzene rings is 1. The minimum absolute atomic E-state index is 0.0166. The first-order valence-electron chi connectivity index (χ1n) is 8.12. The molecule has 0 saturated heterocycles. The zero-order valence-corrected chi connectivity index (χ0v) is 17.6. The average Bonchev–Trinajstić information content (AvgIpc) is 3.32. The Hall–Kier alpha value is -2.50. The lowest BCUT2D eigenvalue weighted by atomic mass is 10.2. The Balaban J connectivity index is 1.82. The number of rotatable bonds is 3. The molecular formula is C18H8BrClF4N4OS. The first kappa shape index (κ1) is 20.8. The zero-order chi connectivity index (χ0) is 21.6. The molecule has 1 aromatic carbocycles. The summed E-state index contributed by atoms with van der Waals surface area (Å²) < 4.78 is 54.8. The normalized spacial score (nSPS) is 11.8. The molecule has 0 saturated carbocycles. The molecule has 0 bridgehead atoms. The topological polar surface area (TPSA) is 59.3 Å². The van der Waals surface area contributed by atoms with E-state index in [-0.39, 0.29) is 32.2 Å². The van der Waals surface area contributed by atoms with Gasteiger partial charge in [0, 0.05) is 5.69 Å². The Kier molecular flexibility index (Phi) is 5.28. The molecule has 4 aromatic rings. The molecule has 0 fully saturated rings. The van der Waals surface area contributed by atoms with Crippen LogP contribution in [-0.4, -0.2) is 20.5 Å². The van der Waals surface area contributed by atoms with Crippen molar-refractivity contribution in [3.8, 4) is 10.6 Å². The van der Waals surface area contributed by atoms with Crippen LogP contribution in [0.5, 0.6) is 0 Å². The standard InChI is InChI=1S/C18H8BrClF4N4OS/c19-14-15(17(29)25-8-3-4-10(21)9(20)6-8)27-28-13(18(22,23)24)7-11(26-16(14)28)12-2-1-5-30-12/h1-7H,(H,25,29). The summed E-state index contributed by atoms with van der Waals surface area (Å²) in [5, 5.41) is 7.73. The zero-order valence-electron chi connectivity index (χ0n) is 14.5. The first-order valence-corrected chi connectivity index (χ1v) is 10.2. The van der Waals surface area contributed by atoms with Gasteiger partial charge in [-0.05, 0) is 51.6 Å². The second kappa shape index (κ2) is 7.64. The maximum atomic E-state index is 13.7. The van der Waals surface area contributed by atoms with Gasteiger partial charge >= 0.3 is 6.18 Å². The predicted molar refractivity (Wildman–Crippen MR) is 108 cm³/mol. The van der Waals surface area contributed by atoms with Crippen molar-refractivity contribution in [1.82, 2.24) is 14.6 Å².